The van der Waals surface area contributed by atoms with Crippen LogP contribution in [-0.4, -0.2) is 17.3 Å². The molecule has 20 heavy (non-hydrogen) atoms. The second-order valence-electron chi connectivity index (χ2n) is 4.19. The van der Waals surface area contributed by atoms with Gasteiger partial charge in [0.2, 0.25) is 0 Å². The average molecular weight is 350 g/mol. The molecule has 0 saturated carbocycles. The molecular formula is C14H12BrN3OS. The van der Waals surface area contributed by atoms with Crippen LogP contribution < -0.4 is 10.5 Å². The van der Waals surface area contributed by atoms with E-state index in [-0.39, 0.29) is 0 Å². The largest absolute Gasteiger partial charge is 0.497 e. The third kappa shape index (κ3) is 2.21. The number of nitrogens with two attached hydrogens (primary N) is 1. The fourth-order valence-electron chi connectivity index (χ4n) is 2.06. The van der Waals surface area contributed by atoms with Gasteiger partial charge in [0, 0.05) is 4.47 Å². The minimum atomic E-state index is 0.480. The SMILES string of the molecule is COc1cccc(-c2c(N)n[nH]c2-c2sccc2Br)c1. The number of nitrogens with zero attached hydrogens (tertiary/aromatic N) is 1. The van der Waals surface area contributed by atoms with Crippen molar-refractivity contribution < 1.29 is 4.74 Å². The molecule has 0 amide bonds. The van der Waals surface area contributed by atoms with E-state index in [1.165, 1.54) is 0 Å². The van der Waals surface area contributed by atoms with Gasteiger partial charge in [0.25, 0.3) is 0 Å². The van der Waals surface area contributed by atoms with Crippen molar-refractivity contribution in [1.82, 2.24) is 10.2 Å². The van der Waals surface area contributed by atoms with E-state index in [2.05, 4.69) is 26.1 Å². The van der Waals surface area contributed by atoms with Gasteiger partial charge in [0.1, 0.15) is 5.75 Å². The van der Waals surface area contributed by atoms with E-state index in [0.717, 1.165) is 31.9 Å². The smallest absolute Gasteiger partial charge is 0.153 e. The number of methoxy groups -OCH3 is 1. The molecule has 3 aromatic rings. The van der Waals surface area contributed by atoms with Crippen LogP contribution in [0.2, 0.25) is 0 Å². The van der Waals surface area contributed by atoms with Crippen LogP contribution in [0.3, 0.4) is 0 Å². The number of halogens is 1. The lowest BCUT2D eigenvalue weighted by molar-refractivity contribution is 0.415. The maximum Gasteiger partial charge on any atom is 0.153 e. The minimum Gasteiger partial charge on any atom is -0.497 e. The summed E-state index contributed by atoms with van der Waals surface area (Å²) in [4.78, 5) is 1.08. The van der Waals surface area contributed by atoms with Gasteiger partial charge in [-0.2, -0.15) is 5.10 Å². The van der Waals surface area contributed by atoms with E-state index < -0.39 is 0 Å². The molecule has 1 aromatic carbocycles. The molecule has 2 heterocycles. The maximum absolute atomic E-state index is 6.03. The van der Waals surface area contributed by atoms with Gasteiger partial charge in [-0.15, -0.1) is 11.3 Å². The molecule has 3 N–H and O–H groups in total. The normalized spacial score (nSPS) is 10.7. The van der Waals surface area contributed by atoms with E-state index in [0.29, 0.717) is 5.82 Å². The molecule has 0 fully saturated rings. The molecule has 0 bridgehead atoms. The van der Waals surface area contributed by atoms with Crippen molar-refractivity contribution in [2.75, 3.05) is 12.8 Å². The standard InChI is InChI=1S/C14H12BrN3OS/c1-19-9-4-2-3-8(7-9)11-12(17-18-14(11)16)13-10(15)5-6-20-13/h2-7H,1H3,(H3,16,17,18). The number of aromatic amines is 1. The zero-order valence-corrected chi connectivity index (χ0v) is 13.1. The fourth-order valence-corrected chi connectivity index (χ4v) is 3.64. The summed E-state index contributed by atoms with van der Waals surface area (Å²) >= 11 is 5.17. The summed E-state index contributed by atoms with van der Waals surface area (Å²) in [6, 6.07) is 9.79. The van der Waals surface area contributed by atoms with Gasteiger partial charge in [-0.05, 0) is 45.1 Å². The predicted molar refractivity (Wildman–Crippen MR) is 86.0 cm³/mol. The Kier molecular flexibility index (Phi) is 3.50. The van der Waals surface area contributed by atoms with Gasteiger partial charge in [-0.1, -0.05) is 12.1 Å². The fraction of sp³-hybridized carbons (Fsp3) is 0.0714. The highest BCUT2D eigenvalue weighted by Crippen LogP contribution is 2.41. The summed E-state index contributed by atoms with van der Waals surface area (Å²) in [6.07, 6.45) is 0. The quantitative estimate of drug-likeness (QED) is 0.746. The molecule has 0 spiro atoms. The van der Waals surface area contributed by atoms with Gasteiger partial charge >= 0.3 is 0 Å². The first-order valence-electron chi connectivity index (χ1n) is 5.92. The van der Waals surface area contributed by atoms with E-state index in [4.69, 9.17) is 10.5 Å². The molecule has 3 rings (SSSR count). The number of hydrogen-bond donors (Lipinski definition) is 2. The van der Waals surface area contributed by atoms with Gasteiger partial charge in [-0.25, -0.2) is 0 Å². The number of nitrogens with one attached hydrogen (secondary N) is 1. The molecule has 4 nitrogen and oxygen atoms in total. The number of nitrogen functional groups attached to an aromatic ring is 1. The Bertz CT molecular complexity index is 750. The van der Waals surface area contributed by atoms with Crippen LogP contribution >= 0.6 is 27.3 Å². The van der Waals surface area contributed by atoms with E-state index in [9.17, 15) is 0 Å². The van der Waals surface area contributed by atoms with Crippen molar-refractivity contribution in [3.05, 3.63) is 40.2 Å². The van der Waals surface area contributed by atoms with Crippen molar-refractivity contribution in [1.29, 1.82) is 0 Å². The van der Waals surface area contributed by atoms with E-state index in [1.807, 2.05) is 35.7 Å². The summed E-state index contributed by atoms with van der Waals surface area (Å²) in [5, 5.41) is 9.18. The highest BCUT2D eigenvalue weighted by atomic mass is 79.9. The van der Waals surface area contributed by atoms with Gasteiger partial charge in [-0.3, -0.25) is 5.10 Å². The molecule has 6 heteroatoms. The third-order valence-electron chi connectivity index (χ3n) is 3.00. The summed E-state index contributed by atoms with van der Waals surface area (Å²) < 4.78 is 6.29. The van der Waals surface area contributed by atoms with Crippen LogP contribution in [0.5, 0.6) is 5.75 Å². The first-order chi connectivity index (χ1) is 9.70. The van der Waals surface area contributed by atoms with Crippen molar-refractivity contribution in [2.45, 2.75) is 0 Å². The first-order valence-corrected chi connectivity index (χ1v) is 7.59. The van der Waals surface area contributed by atoms with E-state index >= 15 is 0 Å². The molecule has 0 aliphatic heterocycles. The van der Waals surface area contributed by atoms with Crippen molar-refractivity contribution in [3.8, 4) is 27.4 Å². The number of hydrogen-bond acceptors (Lipinski definition) is 4. The Labute approximate surface area is 128 Å². The Balaban J connectivity index is 2.19. The average Bonchev–Trinajstić information content (AvgIpc) is 3.04. The zero-order valence-electron chi connectivity index (χ0n) is 10.7. The molecule has 0 unspecified atom stereocenters. The number of thiophene rings is 1. The molecule has 2 aromatic heterocycles. The summed E-state index contributed by atoms with van der Waals surface area (Å²) in [5.41, 5.74) is 8.81. The number of aromatic nitrogens is 2. The number of anilines is 1. The van der Waals surface area contributed by atoms with Gasteiger partial charge < -0.3 is 10.5 Å². The van der Waals surface area contributed by atoms with Crippen molar-refractivity contribution >= 4 is 33.1 Å². The molecule has 0 radical (unpaired) electrons. The second-order valence-corrected chi connectivity index (χ2v) is 5.96. The zero-order chi connectivity index (χ0) is 14.1. The number of H-pyrrole nitrogens is 1. The first kappa shape index (κ1) is 13.2. The lowest BCUT2D eigenvalue weighted by Gasteiger charge is -2.06. The highest BCUT2D eigenvalue weighted by Gasteiger charge is 2.18. The molecule has 102 valence electrons. The summed E-state index contributed by atoms with van der Waals surface area (Å²) in [7, 11) is 1.65. The van der Waals surface area contributed by atoms with Crippen LogP contribution in [0.15, 0.2) is 40.2 Å². The topological polar surface area (TPSA) is 63.9 Å². The van der Waals surface area contributed by atoms with Crippen molar-refractivity contribution in [2.24, 2.45) is 0 Å². The Morgan fingerprint density at radius 3 is 2.90 bits per heavy atom. The predicted octanol–water partition coefficient (Wildman–Crippen LogP) is 4.16. The van der Waals surface area contributed by atoms with Gasteiger partial charge in [0.05, 0.1) is 23.2 Å². The maximum atomic E-state index is 6.03. The molecule has 0 aliphatic rings. The van der Waals surface area contributed by atoms with Crippen LogP contribution in [0.25, 0.3) is 21.7 Å². The summed E-state index contributed by atoms with van der Waals surface area (Å²) in [6.45, 7) is 0. The third-order valence-corrected chi connectivity index (χ3v) is 4.85. The van der Waals surface area contributed by atoms with Crippen LogP contribution in [-0.2, 0) is 0 Å². The number of ether oxygens (including phenoxy) is 1. The Morgan fingerprint density at radius 2 is 2.20 bits per heavy atom. The van der Waals surface area contributed by atoms with E-state index in [1.54, 1.807) is 18.4 Å². The Hall–Kier alpha value is -1.79. The monoisotopic (exact) mass is 349 g/mol. The van der Waals surface area contributed by atoms with Crippen LogP contribution in [0.1, 0.15) is 0 Å². The number of benzene rings is 1. The van der Waals surface area contributed by atoms with Crippen LogP contribution in [0, 0.1) is 0 Å². The van der Waals surface area contributed by atoms with Crippen LogP contribution in [0.4, 0.5) is 5.82 Å². The molecule has 0 atom stereocenters. The summed E-state index contributed by atoms with van der Waals surface area (Å²) in [5.74, 6) is 1.27. The lowest BCUT2D eigenvalue weighted by Crippen LogP contribution is -1.89. The van der Waals surface area contributed by atoms with Gasteiger partial charge in [0.15, 0.2) is 5.82 Å². The molecule has 0 saturated heterocycles. The lowest BCUT2D eigenvalue weighted by atomic mass is 10.0. The minimum absolute atomic E-state index is 0.480. The number of rotatable bonds is 3. The Morgan fingerprint density at radius 1 is 1.35 bits per heavy atom. The second kappa shape index (κ2) is 5.30. The molecule has 0 aliphatic carbocycles. The van der Waals surface area contributed by atoms with Crippen molar-refractivity contribution in [3.63, 3.8) is 0 Å². The molecular weight excluding hydrogens is 338 g/mol. The highest BCUT2D eigenvalue weighted by molar-refractivity contribution is 9.10.